The lowest BCUT2D eigenvalue weighted by Gasteiger charge is -2.25. The molecule has 10 heteroatoms. The average molecular weight is 492 g/mol. The fourth-order valence-corrected chi connectivity index (χ4v) is 4.43. The monoisotopic (exact) mass is 490 g/mol. The van der Waals surface area contributed by atoms with Crippen molar-refractivity contribution in [2.45, 2.75) is 51.4 Å². The Labute approximate surface area is 177 Å². The van der Waals surface area contributed by atoms with Crippen molar-refractivity contribution in [3.8, 4) is 0 Å². The first-order chi connectivity index (χ1) is 13.0. The lowest BCUT2D eigenvalue weighted by molar-refractivity contribution is 0.0947. The second-order valence-corrected chi connectivity index (χ2v) is 21.5. The molecule has 0 N–H and O–H groups in total. The highest BCUT2D eigenvalue weighted by atomic mass is 79.9. The van der Waals surface area contributed by atoms with Gasteiger partial charge >= 0.3 is 0 Å². The molecule has 2 aromatic heterocycles. The summed E-state index contributed by atoms with van der Waals surface area (Å²) in [6.45, 7) is 15.8. The van der Waals surface area contributed by atoms with Gasteiger partial charge in [-0.15, -0.1) is 0 Å². The van der Waals surface area contributed by atoms with E-state index in [1.54, 1.807) is 0 Å². The lowest BCUT2D eigenvalue weighted by atomic mass is 10.4. The third-order valence-electron chi connectivity index (χ3n) is 4.23. The Morgan fingerprint density at radius 3 is 2.07 bits per heavy atom. The van der Waals surface area contributed by atoms with E-state index in [-0.39, 0.29) is 5.82 Å². The first kappa shape index (κ1) is 23.5. The van der Waals surface area contributed by atoms with Crippen LogP contribution in [-0.2, 0) is 9.47 Å². The van der Waals surface area contributed by atoms with Gasteiger partial charge < -0.3 is 14.4 Å². The van der Waals surface area contributed by atoms with Crippen LogP contribution < -0.4 is 4.90 Å². The van der Waals surface area contributed by atoms with E-state index in [4.69, 9.17) is 9.47 Å². The summed E-state index contributed by atoms with van der Waals surface area (Å²) in [6, 6.07) is 3.53. The van der Waals surface area contributed by atoms with E-state index < -0.39 is 16.1 Å². The first-order valence-electron chi connectivity index (χ1n) is 9.56. The van der Waals surface area contributed by atoms with Crippen LogP contribution in [0.4, 0.5) is 10.2 Å². The van der Waals surface area contributed by atoms with Crippen molar-refractivity contribution in [1.82, 2.24) is 14.6 Å². The van der Waals surface area contributed by atoms with Crippen LogP contribution >= 0.6 is 15.9 Å². The van der Waals surface area contributed by atoms with Gasteiger partial charge in [0.05, 0.1) is 0 Å². The second-order valence-electron chi connectivity index (χ2n) is 9.39. The SMILES string of the molecule is C[Si](C)(C)CCOCN(COCC[Si](C)(C)C)c1ncnn2c(Br)cc(F)c12. The molecular weight excluding hydrogens is 459 g/mol. The maximum Gasteiger partial charge on any atom is 0.163 e. The molecular formula is C18H32BrFN4O2Si2. The van der Waals surface area contributed by atoms with E-state index in [0.29, 0.717) is 42.6 Å². The molecule has 0 saturated heterocycles. The molecule has 2 rings (SSSR count). The highest BCUT2D eigenvalue weighted by molar-refractivity contribution is 9.10. The zero-order valence-electron chi connectivity index (χ0n) is 17.8. The number of fused-ring (bicyclic) bond motifs is 1. The Morgan fingerprint density at radius 2 is 1.57 bits per heavy atom. The molecule has 6 nitrogen and oxygen atoms in total. The molecule has 0 amide bonds. The van der Waals surface area contributed by atoms with Crippen molar-refractivity contribution in [2.75, 3.05) is 31.6 Å². The largest absolute Gasteiger partial charge is 0.361 e. The second kappa shape index (κ2) is 9.79. The molecule has 158 valence electrons. The fraction of sp³-hybridized carbons (Fsp3) is 0.667. The van der Waals surface area contributed by atoms with Crippen molar-refractivity contribution < 1.29 is 13.9 Å². The van der Waals surface area contributed by atoms with E-state index >= 15 is 0 Å². The van der Waals surface area contributed by atoms with E-state index in [2.05, 4.69) is 65.3 Å². The molecule has 0 radical (unpaired) electrons. The Bertz CT molecular complexity index is 755. The molecule has 0 fully saturated rings. The number of nitrogens with zero attached hydrogens (tertiary/aromatic N) is 4. The zero-order valence-corrected chi connectivity index (χ0v) is 21.3. The van der Waals surface area contributed by atoms with Gasteiger partial charge in [-0.3, -0.25) is 0 Å². The van der Waals surface area contributed by atoms with Gasteiger partial charge in [-0.25, -0.2) is 13.9 Å². The number of rotatable bonds is 11. The van der Waals surface area contributed by atoms with Crippen LogP contribution in [0.1, 0.15) is 0 Å². The molecule has 0 atom stereocenters. The van der Waals surface area contributed by atoms with Gasteiger partial charge in [-0.2, -0.15) is 5.10 Å². The van der Waals surface area contributed by atoms with Gasteiger partial charge in [0.2, 0.25) is 0 Å². The predicted octanol–water partition coefficient (Wildman–Crippen LogP) is 5.06. The Hall–Kier alpha value is -0.816. The molecule has 0 unspecified atom stereocenters. The average Bonchev–Trinajstić information content (AvgIpc) is 2.86. The van der Waals surface area contributed by atoms with Crippen molar-refractivity contribution >= 4 is 43.4 Å². The molecule has 0 bridgehead atoms. The van der Waals surface area contributed by atoms with Crippen LogP contribution in [-0.4, -0.2) is 57.4 Å². The van der Waals surface area contributed by atoms with Gasteiger partial charge in [-0.1, -0.05) is 39.3 Å². The standard InChI is InChI=1S/C18H32BrFN4O2Si2/c1-27(2,3)9-7-25-13-23(14-26-8-10-28(4,5)6)18-17-15(20)11-16(19)24(17)22-12-21-18/h11-12H,7-10,13-14H2,1-6H3. The number of hydrogen-bond donors (Lipinski definition) is 0. The summed E-state index contributed by atoms with van der Waals surface area (Å²) in [5.74, 6) is 0.0934. The maximum atomic E-state index is 14.5. The van der Waals surface area contributed by atoms with Crippen molar-refractivity contribution in [1.29, 1.82) is 0 Å². The smallest absolute Gasteiger partial charge is 0.163 e. The van der Waals surface area contributed by atoms with Gasteiger partial charge in [0.25, 0.3) is 0 Å². The van der Waals surface area contributed by atoms with E-state index in [9.17, 15) is 4.39 Å². The van der Waals surface area contributed by atoms with Gasteiger partial charge in [0.1, 0.15) is 29.9 Å². The maximum absolute atomic E-state index is 14.5. The molecule has 0 aliphatic heterocycles. The van der Waals surface area contributed by atoms with Gasteiger partial charge in [-0.05, 0) is 28.0 Å². The van der Waals surface area contributed by atoms with Crippen LogP contribution in [0.15, 0.2) is 17.0 Å². The quantitative estimate of drug-likeness (QED) is 0.250. The number of halogens is 2. The molecule has 0 spiro atoms. The third-order valence-corrected chi connectivity index (χ3v) is 8.20. The summed E-state index contributed by atoms with van der Waals surface area (Å²) in [4.78, 5) is 6.16. The summed E-state index contributed by atoms with van der Waals surface area (Å²) in [5, 5.41) is 4.12. The highest BCUT2D eigenvalue weighted by Gasteiger charge is 2.20. The van der Waals surface area contributed by atoms with Gasteiger partial charge in [0, 0.05) is 35.4 Å². The topological polar surface area (TPSA) is 51.9 Å². The van der Waals surface area contributed by atoms with E-state index in [0.717, 1.165) is 12.1 Å². The molecule has 2 aromatic rings. The number of anilines is 1. The molecule has 0 aliphatic carbocycles. The number of aromatic nitrogens is 3. The number of ether oxygens (including phenoxy) is 2. The number of hydrogen-bond acceptors (Lipinski definition) is 5. The van der Waals surface area contributed by atoms with Crippen LogP contribution in [0.3, 0.4) is 0 Å². The first-order valence-corrected chi connectivity index (χ1v) is 17.8. The summed E-state index contributed by atoms with van der Waals surface area (Å²) in [7, 11) is -2.35. The lowest BCUT2D eigenvalue weighted by Crippen LogP contribution is -2.33. The van der Waals surface area contributed by atoms with Crippen LogP contribution in [0.25, 0.3) is 5.52 Å². The van der Waals surface area contributed by atoms with Gasteiger partial charge in [0.15, 0.2) is 11.6 Å². The predicted molar refractivity (Wildman–Crippen MR) is 121 cm³/mol. The molecule has 0 aromatic carbocycles. The highest BCUT2D eigenvalue weighted by Crippen LogP contribution is 2.26. The fourth-order valence-electron chi connectivity index (χ4n) is 2.45. The normalized spacial score (nSPS) is 12.7. The minimum Gasteiger partial charge on any atom is -0.361 e. The van der Waals surface area contributed by atoms with Crippen molar-refractivity contribution in [2.24, 2.45) is 0 Å². The Balaban J connectivity index is 2.13. The minimum absolute atomic E-state index is 0.298. The van der Waals surface area contributed by atoms with Crippen LogP contribution in [0.2, 0.25) is 51.4 Å². The molecule has 28 heavy (non-hydrogen) atoms. The van der Waals surface area contributed by atoms with E-state index in [1.165, 1.54) is 16.9 Å². The molecule has 0 aliphatic rings. The summed E-state index contributed by atoms with van der Waals surface area (Å²) >= 11 is 3.33. The van der Waals surface area contributed by atoms with Crippen LogP contribution in [0.5, 0.6) is 0 Å². The molecule has 0 saturated carbocycles. The summed E-state index contributed by atoms with van der Waals surface area (Å²) < 4.78 is 28.3. The zero-order chi connectivity index (χ0) is 20.9. The Morgan fingerprint density at radius 1 is 1.04 bits per heavy atom. The van der Waals surface area contributed by atoms with Crippen LogP contribution in [0, 0.1) is 5.82 Å². The summed E-state index contributed by atoms with van der Waals surface area (Å²) in [5.41, 5.74) is 0.317. The summed E-state index contributed by atoms with van der Waals surface area (Å²) in [6.07, 6.45) is 1.42. The molecule has 2 heterocycles. The third kappa shape index (κ3) is 7.21. The van der Waals surface area contributed by atoms with E-state index in [1.807, 2.05) is 4.90 Å². The minimum atomic E-state index is -1.18. The van der Waals surface area contributed by atoms with Crippen molar-refractivity contribution in [3.63, 3.8) is 0 Å². The Kier molecular flexibility index (Phi) is 8.20. The van der Waals surface area contributed by atoms with Crippen molar-refractivity contribution in [3.05, 3.63) is 22.8 Å².